The second kappa shape index (κ2) is 4.20. The number of aliphatic hydroxyl groups excluding tert-OH is 1. The summed E-state index contributed by atoms with van der Waals surface area (Å²) in [7, 11) is 0. The van der Waals surface area contributed by atoms with Crippen molar-refractivity contribution in [2.75, 3.05) is 4.90 Å². The van der Waals surface area contributed by atoms with E-state index in [-0.39, 0.29) is 11.9 Å². The number of anilines is 1. The molecule has 0 saturated carbocycles. The van der Waals surface area contributed by atoms with Crippen molar-refractivity contribution < 1.29 is 5.11 Å². The molecule has 1 aromatic heterocycles. The van der Waals surface area contributed by atoms with E-state index in [0.717, 1.165) is 25.7 Å². The molecule has 6 nitrogen and oxygen atoms in total. The lowest BCUT2D eigenvalue weighted by Gasteiger charge is -2.38. The molecule has 18 heavy (non-hydrogen) atoms. The van der Waals surface area contributed by atoms with Gasteiger partial charge in [0.05, 0.1) is 17.9 Å². The van der Waals surface area contributed by atoms with Gasteiger partial charge in [0.2, 0.25) is 0 Å². The van der Waals surface area contributed by atoms with Gasteiger partial charge in [0.15, 0.2) is 5.82 Å². The van der Waals surface area contributed by atoms with Gasteiger partial charge in [-0.1, -0.05) is 0 Å². The van der Waals surface area contributed by atoms with Crippen LogP contribution in [0.25, 0.3) is 0 Å². The van der Waals surface area contributed by atoms with Gasteiger partial charge in [-0.05, 0) is 31.7 Å². The first-order valence-electron chi connectivity index (χ1n) is 6.29. The van der Waals surface area contributed by atoms with Crippen LogP contribution in [0.15, 0.2) is 12.3 Å². The van der Waals surface area contributed by atoms with Crippen molar-refractivity contribution in [2.24, 2.45) is 5.73 Å². The number of nitrogens with two attached hydrogens (primary N) is 1. The first kappa shape index (κ1) is 11.4. The molecule has 3 rings (SSSR count). The van der Waals surface area contributed by atoms with Crippen LogP contribution in [0.1, 0.15) is 31.2 Å². The largest absolute Gasteiger partial charge is 0.393 e. The highest BCUT2D eigenvalue weighted by molar-refractivity contribution is 5.99. The van der Waals surface area contributed by atoms with Crippen LogP contribution in [-0.2, 0) is 0 Å². The molecule has 3 heterocycles. The van der Waals surface area contributed by atoms with Gasteiger partial charge in [-0.25, -0.2) is 0 Å². The summed E-state index contributed by atoms with van der Waals surface area (Å²) in [5, 5.41) is 25.5. The fourth-order valence-electron chi connectivity index (χ4n) is 3.22. The number of nitrogens with one attached hydrogen (secondary N) is 1. The van der Waals surface area contributed by atoms with E-state index in [0.29, 0.717) is 23.5 Å². The number of aromatic nitrogens is 2. The molecule has 96 valence electrons. The monoisotopic (exact) mass is 247 g/mol. The minimum absolute atomic E-state index is 0.0189. The molecule has 0 aliphatic carbocycles. The smallest absolute Gasteiger partial charge is 0.162 e. The molecular formula is C12H17N5O. The van der Waals surface area contributed by atoms with Crippen molar-refractivity contribution in [3.63, 3.8) is 0 Å². The fourth-order valence-corrected chi connectivity index (χ4v) is 3.22. The summed E-state index contributed by atoms with van der Waals surface area (Å²) in [5.41, 5.74) is 6.24. The second-order valence-corrected chi connectivity index (χ2v) is 5.10. The van der Waals surface area contributed by atoms with Crippen LogP contribution in [0, 0.1) is 5.41 Å². The van der Waals surface area contributed by atoms with Crippen molar-refractivity contribution in [1.82, 2.24) is 10.2 Å². The van der Waals surface area contributed by atoms with Gasteiger partial charge in [0, 0.05) is 12.1 Å². The number of nitrogens with zero attached hydrogens (tertiary/aromatic N) is 3. The Hall–Kier alpha value is -1.69. The summed E-state index contributed by atoms with van der Waals surface area (Å²) in [4.78, 5) is 2.20. The van der Waals surface area contributed by atoms with E-state index in [2.05, 4.69) is 15.1 Å². The zero-order chi connectivity index (χ0) is 12.7. The summed E-state index contributed by atoms with van der Waals surface area (Å²) in [6, 6.07) is 2.33. The molecule has 2 unspecified atom stereocenters. The Balaban J connectivity index is 1.99. The highest BCUT2D eigenvalue weighted by Crippen LogP contribution is 2.39. The number of nitrogen functional groups attached to an aromatic ring is 1. The Morgan fingerprint density at radius 2 is 2.06 bits per heavy atom. The molecule has 6 heteroatoms. The van der Waals surface area contributed by atoms with E-state index in [1.54, 1.807) is 12.3 Å². The molecular weight excluding hydrogens is 230 g/mol. The standard InChI is InChI=1S/C12H17N5O/c13-11(14)10-3-4-15-16-12(10)17-7-1-2-8(17)6-9(18)5-7/h3-4,7-9,18H,1-2,5-6H2,(H3,13,14). The molecule has 0 radical (unpaired) electrons. The van der Waals surface area contributed by atoms with Crippen LogP contribution in [0.3, 0.4) is 0 Å². The Kier molecular flexibility index (Phi) is 2.66. The molecule has 2 bridgehead atoms. The van der Waals surface area contributed by atoms with Crippen LogP contribution in [0.4, 0.5) is 5.82 Å². The minimum Gasteiger partial charge on any atom is -0.393 e. The molecule has 0 aromatic carbocycles. The molecule has 2 atom stereocenters. The lowest BCUT2D eigenvalue weighted by molar-refractivity contribution is 0.126. The Labute approximate surface area is 105 Å². The SMILES string of the molecule is N=C(N)c1ccnnc1N1C2CCC1CC(O)C2. The normalized spacial score (nSPS) is 30.5. The Morgan fingerprint density at radius 1 is 1.39 bits per heavy atom. The topological polar surface area (TPSA) is 99.1 Å². The molecule has 0 spiro atoms. The molecule has 2 fully saturated rings. The lowest BCUT2D eigenvalue weighted by atomic mass is 9.99. The average Bonchev–Trinajstić information content (AvgIpc) is 2.61. The number of fused-ring (bicyclic) bond motifs is 2. The van der Waals surface area contributed by atoms with Crippen LogP contribution in [-0.4, -0.2) is 39.3 Å². The van der Waals surface area contributed by atoms with Gasteiger partial charge in [-0.3, -0.25) is 5.41 Å². The van der Waals surface area contributed by atoms with E-state index in [1.165, 1.54) is 0 Å². The highest BCUT2D eigenvalue weighted by Gasteiger charge is 2.41. The van der Waals surface area contributed by atoms with E-state index in [9.17, 15) is 5.11 Å². The Morgan fingerprint density at radius 3 is 2.67 bits per heavy atom. The maximum absolute atomic E-state index is 9.80. The molecule has 2 aliphatic heterocycles. The first-order valence-corrected chi connectivity index (χ1v) is 6.29. The van der Waals surface area contributed by atoms with Gasteiger partial charge < -0.3 is 15.7 Å². The van der Waals surface area contributed by atoms with Gasteiger partial charge in [-0.2, -0.15) is 5.10 Å². The maximum atomic E-state index is 9.80. The van der Waals surface area contributed by atoms with Crippen molar-refractivity contribution >= 4 is 11.7 Å². The molecule has 2 aliphatic rings. The number of amidine groups is 1. The third-order valence-electron chi connectivity index (χ3n) is 3.94. The van der Waals surface area contributed by atoms with Gasteiger partial charge >= 0.3 is 0 Å². The minimum atomic E-state index is -0.212. The van der Waals surface area contributed by atoms with Crippen molar-refractivity contribution in [2.45, 2.75) is 43.9 Å². The predicted molar refractivity (Wildman–Crippen MR) is 67.6 cm³/mol. The van der Waals surface area contributed by atoms with Gasteiger partial charge in [0.25, 0.3) is 0 Å². The third-order valence-corrected chi connectivity index (χ3v) is 3.94. The number of hydrogen-bond donors (Lipinski definition) is 3. The molecule has 1 aromatic rings. The first-order chi connectivity index (χ1) is 8.66. The predicted octanol–water partition coefficient (Wildman–Crippen LogP) is 0.253. The number of aliphatic hydroxyl groups is 1. The van der Waals surface area contributed by atoms with Crippen molar-refractivity contribution in [1.29, 1.82) is 5.41 Å². The van der Waals surface area contributed by atoms with E-state index < -0.39 is 0 Å². The van der Waals surface area contributed by atoms with Crippen molar-refractivity contribution in [3.05, 3.63) is 17.8 Å². The lowest BCUT2D eigenvalue weighted by Crippen LogP contribution is -2.46. The quantitative estimate of drug-likeness (QED) is 0.514. The van der Waals surface area contributed by atoms with Gasteiger partial charge in [0.1, 0.15) is 5.84 Å². The van der Waals surface area contributed by atoms with E-state index >= 15 is 0 Å². The molecule has 4 N–H and O–H groups in total. The maximum Gasteiger partial charge on any atom is 0.162 e. The van der Waals surface area contributed by atoms with Crippen LogP contribution in [0.5, 0.6) is 0 Å². The summed E-state index contributed by atoms with van der Waals surface area (Å²) < 4.78 is 0. The summed E-state index contributed by atoms with van der Waals surface area (Å²) >= 11 is 0. The van der Waals surface area contributed by atoms with E-state index in [4.69, 9.17) is 11.1 Å². The van der Waals surface area contributed by atoms with Crippen LogP contribution >= 0.6 is 0 Å². The molecule has 0 amide bonds. The zero-order valence-electron chi connectivity index (χ0n) is 10.1. The highest BCUT2D eigenvalue weighted by atomic mass is 16.3. The second-order valence-electron chi connectivity index (χ2n) is 5.10. The fraction of sp³-hybridized carbons (Fsp3) is 0.583. The number of hydrogen-bond acceptors (Lipinski definition) is 5. The zero-order valence-corrected chi connectivity index (χ0v) is 10.1. The summed E-state index contributed by atoms with van der Waals surface area (Å²) in [5.74, 6) is 0.717. The third kappa shape index (κ3) is 1.73. The molecule has 2 saturated heterocycles. The van der Waals surface area contributed by atoms with Gasteiger partial charge in [-0.15, -0.1) is 5.10 Å². The average molecular weight is 247 g/mol. The number of piperidine rings is 1. The number of rotatable bonds is 2. The summed E-state index contributed by atoms with van der Waals surface area (Å²) in [6.45, 7) is 0. The van der Waals surface area contributed by atoms with Crippen molar-refractivity contribution in [3.8, 4) is 0 Å². The van der Waals surface area contributed by atoms with Crippen LogP contribution < -0.4 is 10.6 Å². The van der Waals surface area contributed by atoms with Crippen LogP contribution in [0.2, 0.25) is 0 Å². The Bertz CT molecular complexity index is 463. The van der Waals surface area contributed by atoms with E-state index in [1.807, 2.05) is 0 Å². The summed E-state index contributed by atoms with van der Waals surface area (Å²) in [6.07, 6.45) is 5.01.